The Hall–Kier alpha value is -1.12. The fourth-order valence-electron chi connectivity index (χ4n) is 2.80. The van der Waals surface area contributed by atoms with E-state index in [9.17, 15) is 9.59 Å². The zero-order chi connectivity index (χ0) is 10.8. The van der Waals surface area contributed by atoms with Crippen LogP contribution in [0.2, 0.25) is 0 Å². The molecule has 0 radical (unpaired) electrons. The van der Waals surface area contributed by atoms with Crippen molar-refractivity contribution in [3.8, 4) is 0 Å². The Morgan fingerprint density at radius 1 is 1.47 bits per heavy atom. The largest absolute Gasteiger partial charge is 0.469 e. The van der Waals surface area contributed by atoms with Crippen molar-refractivity contribution in [2.45, 2.75) is 25.7 Å². The third-order valence-electron chi connectivity index (χ3n) is 3.63. The monoisotopic (exact) mass is 208 g/mol. The number of carbonyl (C=O) groups excluding carboxylic acids is 2. The molecule has 0 unspecified atom stereocenters. The van der Waals surface area contributed by atoms with E-state index < -0.39 is 0 Å². The average molecular weight is 208 g/mol. The Morgan fingerprint density at radius 3 is 2.93 bits per heavy atom. The van der Waals surface area contributed by atoms with E-state index in [1.165, 1.54) is 7.11 Å². The molecule has 0 aromatic carbocycles. The van der Waals surface area contributed by atoms with Crippen LogP contribution in [0.25, 0.3) is 0 Å². The first-order valence-corrected chi connectivity index (χ1v) is 5.47. The van der Waals surface area contributed by atoms with Crippen LogP contribution < -0.4 is 0 Å². The quantitative estimate of drug-likeness (QED) is 0.512. The smallest absolute Gasteiger partial charge is 0.306 e. The number of methoxy groups -OCH3 is 1. The molecule has 0 aliphatic heterocycles. The lowest BCUT2D eigenvalue weighted by Crippen LogP contribution is -2.22. The number of hydrogen-bond donors (Lipinski definition) is 0. The zero-order valence-electron chi connectivity index (χ0n) is 8.94. The molecule has 3 nitrogen and oxygen atoms in total. The van der Waals surface area contributed by atoms with Gasteiger partial charge in [-0.3, -0.25) is 9.59 Å². The van der Waals surface area contributed by atoms with E-state index in [1.807, 2.05) is 0 Å². The summed E-state index contributed by atoms with van der Waals surface area (Å²) in [4.78, 5) is 23.0. The number of ketones is 1. The molecule has 0 saturated heterocycles. The summed E-state index contributed by atoms with van der Waals surface area (Å²) in [5, 5.41) is 0. The Kier molecular flexibility index (Phi) is 2.89. The number of Topliss-reactive ketones (excluding diaryl/α,β-unsaturated/α-hetero) is 1. The maximum atomic E-state index is 11.8. The summed E-state index contributed by atoms with van der Waals surface area (Å²) in [6, 6.07) is 0. The lowest BCUT2D eigenvalue weighted by Gasteiger charge is -2.24. The minimum absolute atomic E-state index is 0.0904. The highest BCUT2D eigenvalue weighted by Gasteiger charge is 2.42. The van der Waals surface area contributed by atoms with E-state index in [1.54, 1.807) is 0 Å². The predicted molar refractivity (Wildman–Crippen MR) is 55.1 cm³/mol. The lowest BCUT2D eigenvalue weighted by atomic mass is 9.80. The SMILES string of the molecule is COC(=O)C[C@@H]1C(=O)C[C@H]2CC=CC[C@@H]21. The summed E-state index contributed by atoms with van der Waals surface area (Å²) < 4.78 is 4.63. The molecular formula is C12H16O3. The Bertz CT molecular complexity index is 306. The van der Waals surface area contributed by atoms with Crippen molar-refractivity contribution < 1.29 is 14.3 Å². The molecule has 0 aromatic rings. The number of fused-ring (bicyclic) bond motifs is 1. The van der Waals surface area contributed by atoms with E-state index >= 15 is 0 Å². The van der Waals surface area contributed by atoms with Gasteiger partial charge in [0.2, 0.25) is 0 Å². The van der Waals surface area contributed by atoms with E-state index in [0.29, 0.717) is 18.3 Å². The van der Waals surface area contributed by atoms with Gasteiger partial charge in [0, 0.05) is 12.3 Å². The van der Waals surface area contributed by atoms with Gasteiger partial charge in [-0.05, 0) is 24.7 Å². The summed E-state index contributed by atoms with van der Waals surface area (Å²) in [6.07, 6.45) is 7.13. The fraction of sp³-hybridized carbons (Fsp3) is 0.667. The molecule has 2 aliphatic rings. The summed E-state index contributed by atoms with van der Waals surface area (Å²) >= 11 is 0. The number of allylic oxidation sites excluding steroid dienone is 2. The Morgan fingerprint density at radius 2 is 2.20 bits per heavy atom. The minimum atomic E-state index is -0.261. The van der Waals surface area contributed by atoms with Gasteiger partial charge in [0.1, 0.15) is 5.78 Å². The summed E-state index contributed by atoms with van der Waals surface area (Å²) in [5.41, 5.74) is 0. The minimum Gasteiger partial charge on any atom is -0.469 e. The van der Waals surface area contributed by atoms with Gasteiger partial charge in [-0.2, -0.15) is 0 Å². The van der Waals surface area contributed by atoms with Crippen LogP contribution in [-0.4, -0.2) is 18.9 Å². The third-order valence-corrected chi connectivity index (χ3v) is 3.63. The molecule has 15 heavy (non-hydrogen) atoms. The van der Waals surface area contributed by atoms with Gasteiger partial charge in [0.25, 0.3) is 0 Å². The van der Waals surface area contributed by atoms with Crippen LogP contribution in [-0.2, 0) is 14.3 Å². The van der Waals surface area contributed by atoms with Gasteiger partial charge in [0.15, 0.2) is 0 Å². The topological polar surface area (TPSA) is 43.4 Å². The van der Waals surface area contributed by atoms with Crippen molar-refractivity contribution >= 4 is 11.8 Å². The zero-order valence-corrected chi connectivity index (χ0v) is 8.94. The van der Waals surface area contributed by atoms with Crippen molar-refractivity contribution in [1.82, 2.24) is 0 Å². The average Bonchev–Trinajstić information content (AvgIpc) is 2.55. The molecule has 0 N–H and O–H groups in total. The second kappa shape index (κ2) is 4.17. The second-order valence-corrected chi connectivity index (χ2v) is 4.42. The first-order chi connectivity index (χ1) is 7.22. The predicted octanol–water partition coefficient (Wildman–Crippen LogP) is 1.72. The molecule has 0 heterocycles. The molecule has 2 aliphatic carbocycles. The van der Waals surface area contributed by atoms with Gasteiger partial charge in [-0.15, -0.1) is 0 Å². The van der Waals surface area contributed by atoms with Crippen molar-refractivity contribution in [3.63, 3.8) is 0 Å². The van der Waals surface area contributed by atoms with Crippen molar-refractivity contribution in [2.24, 2.45) is 17.8 Å². The van der Waals surface area contributed by atoms with Gasteiger partial charge >= 0.3 is 5.97 Å². The first kappa shape index (κ1) is 10.4. The standard InChI is InChI=1S/C12H16O3/c1-15-12(14)7-10-9-5-3-2-4-8(9)6-11(10)13/h2-3,8-10H,4-7H2,1H3/t8-,9+,10+/m1/s1. The molecule has 0 spiro atoms. The molecule has 3 heteroatoms. The molecule has 1 saturated carbocycles. The highest BCUT2D eigenvalue weighted by molar-refractivity contribution is 5.87. The van der Waals surface area contributed by atoms with Crippen molar-refractivity contribution in [3.05, 3.63) is 12.2 Å². The molecular weight excluding hydrogens is 192 g/mol. The second-order valence-electron chi connectivity index (χ2n) is 4.42. The van der Waals surface area contributed by atoms with Gasteiger partial charge in [-0.1, -0.05) is 12.2 Å². The normalized spacial score (nSPS) is 33.9. The van der Waals surface area contributed by atoms with Crippen LogP contribution in [0.5, 0.6) is 0 Å². The van der Waals surface area contributed by atoms with Crippen LogP contribution in [0.15, 0.2) is 12.2 Å². The number of hydrogen-bond acceptors (Lipinski definition) is 3. The fourth-order valence-corrected chi connectivity index (χ4v) is 2.80. The first-order valence-electron chi connectivity index (χ1n) is 5.47. The molecule has 0 aromatic heterocycles. The molecule has 1 fully saturated rings. The van der Waals surface area contributed by atoms with E-state index in [-0.39, 0.29) is 24.1 Å². The van der Waals surface area contributed by atoms with E-state index in [2.05, 4.69) is 16.9 Å². The highest BCUT2D eigenvalue weighted by Crippen LogP contribution is 2.43. The van der Waals surface area contributed by atoms with Gasteiger partial charge in [0.05, 0.1) is 13.5 Å². The van der Waals surface area contributed by atoms with Crippen LogP contribution in [0.1, 0.15) is 25.7 Å². The van der Waals surface area contributed by atoms with Crippen LogP contribution >= 0.6 is 0 Å². The van der Waals surface area contributed by atoms with Crippen molar-refractivity contribution in [1.29, 1.82) is 0 Å². The number of esters is 1. The maximum Gasteiger partial charge on any atom is 0.306 e. The third kappa shape index (κ3) is 1.96. The number of ether oxygens (including phenoxy) is 1. The summed E-state index contributed by atoms with van der Waals surface area (Å²) in [6.45, 7) is 0. The Balaban J connectivity index is 2.06. The summed E-state index contributed by atoms with van der Waals surface area (Å²) in [7, 11) is 1.38. The van der Waals surface area contributed by atoms with Gasteiger partial charge < -0.3 is 4.74 Å². The molecule has 0 amide bonds. The van der Waals surface area contributed by atoms with Crippen LogP contribution in [0.3, 0.4) is 0 Å². The maximum absolute atomic E-state index is 11.8. The van der Waals surface area contributed by atoms with Crippen LogP contribution in [0.4, 0.5) is 0 Å². The van der Waals surface area contributed by atoms with Gasteiger partial charge in [-0.25, -0.2) is 0 Å². The number of rotatable bonds is 2. The molecule has 82 valence electrons. The lowest BCUT2D eigenvalue weighted by molar-refractivity contribution is -0.143. The molecule has 0 bridgehead atoms. The molecule has 2 rings (SSSR count). The van der Waals surface area contributed by atoms with Crippen molar-refractivity contribution in [2.75, 3.05) is 7.11 Å². The van der Waals surface area contributed by atoms with Crippen LogP contribution in [0, 0.1) is 17.8 Å². The van der Waals surface area contributed by atoms with E-state index in [0.717, 1.165) is 12.8 Å². The van der Waals surface area contributed by atoms with E-state index in [4.69, 9.17) is 0 Å². The molecule has 3 atom stereocenters. The number of carbonyl (C=O) groups is 2. The highest BCUT2D eigenvalue weighted by atomic mass is 16.5. The summed E-state index contributed by atoms with van der Waals surface area (Å²) in [5.74, 6) is 0.744. The Labute approximate surface area is 89.5 Å².